The van der Waals surface area contributed by atoms with Crippen LogP contribution in [0.15, 0.2) is 24.5 Å². The van der Waals surface area contributed by atoms with Crippen LogP contribution in [0.1, 0.15) is 32.8 Å². The third-order valence-corrected chi connectivity index (χ3v) is 4.00. The predicted octanol–water partition coefficient (Wildman–Crippen LogP) is 1.79. The quantitative estimate of drug-likeness (QED) is 0.726. The normalized spacial score (nSPS) is 15.7. The Morgan fingerprint density at radius 2 is 2.10 bits per heavy atom. The Bertz CT molecular complexity index is 438. The first-order valence-corrected chi connectivity index (χ1v) is 7.46. The Morgan fingerprint density at radius 1 is 1.48 bits per heavy atom. The highest BCUT2D eigenvalue weighted by Crippen LogP contribution is 2.16. The van der Waals surface area contributed by atoms with Crippen LogP contribution in [0.25, 0.3) is 0 Å². The maximum Gasteiger partial charge on any atom is 0.323 e. The van der Waals surface area contributed by atoms with Crippen molar-refractivity contribution in [3.05, 3.63) is 30.1 Å². The van der Waals surface area contributed by atoms with E-state index in [1.165, 1.54) is 5.56 Å². The lowest BCUT2D eigenvalue weighted by atomic mass is 9.93. The molecule has 0 aromatic carbocycles. The summed E-state index contributed by atoms with van der Waals surface area (Å²) in [5, 5.41) is 12.5. The maximum atomic E-state index is 11.5. The summed E-state index contributed by atoms with van der Waals surface area (Å²) < 4.78 is 0. The van der Waals surface area contributed by atoms with E-state index < -0.39 is 11.5 Å². The van der Waals surface area contributed by atoms with Crippen LogP contribution in [0.2, 0.25) is 0 Å². The average Bonchev–Trinajstić information content (AvgIpc) is 2.45. The van der Waals surface area contributed by atoms with Crippen molar-refractivity contribution in [1.82, 2.24) is 15.2 Å². The second-order valence-electron chi connectivity index (χ2n) is 5.81. The highest BCUT2D eigenvalue weighted by molar-refractivity contribution is 5.78. The molecule has 0 radical (unpaired) electrons. The van der Waals surface area contributed by atoms with Crippen LogP contribution in [0.4, 0.5) is 0 Å². The first-order valence-electron chi connectivity index (χ1n) is 7.46. The minimum absolute atomic E-state index is 0.187. The van der Waals surface area contributed by atoms with Gasteiger partial charge in [0.25, 0.3) is 0 Å². The second-order valence-corrected chi connectivity index (χ2v) is 5.81. The molecule has 5 nitrogen and oxygen atoms in total. The highest BCUT2D eigenvalue weighted by Gasteiger charge is 2.34. The lowest BCUT2D eigenvalue weighted by Gasteiger charge is -2.33. The van der Waals surface area contributed by atoms with E-state index in [4.69, 9.17) is 0 Å². The highest BCUT2D eigenvalue weighted by atomic mass is 16.4. The minimum atomic E-state index is -0.876. The zero-order valence-electron chi connectivity index (χ0n) is 13.5. The van der Waals surface area contributed by atoms with Crippen LogP contribution in [0.5, 0.6) is 0 Å². The SMILES string of the molecule is CCNC(C)(CC(C)N(C)CCc1ccncc1)C(=O)O. The summed E-state index contributed by atoms with van der Waals surface area (Å²) in [6, 6.07) is 4.21. The van der Waals surface area contributed by atoms with Gasteiger partial charge in [0.05, 0.1) is 0 Å². The Morgan fingerprint density at radius 3 is 2.62 bits per heavy atom. The van der Waals surface area contributed by atoms with E-state index in [1.807, 2.05) is 26.1 Å². The van der Waals surface area contributed by atoms with E-state index in [1.54, 1.807) is 19.3 Å². The van der Waals surface area contributed by atoms with E-state index >= 15 is 0 Å². The molecule has 0 bridgehead atoms. The summed E-state index contributed by atoms with van der Waals surface area (Å²) in [6.07, 6.45) is 5.11. The standard InChI is InChI=1S/C16H27N3O2/c1-5-18-16(3,15(20)21)12-13(2)19(4)11-8-14-6-9-17-10-7-14/h6-7,9-10,13,18H,5,8,11-12H2,1-4H3,(H,20,21). The van der Waals surface area contributed by atoms with Crippen LogP contribution >= 0.6 is 0 Å². The molecule has 5 heteroatoms. The van der Waals surface area contributed by atoms with Gasteiger partial charge in [0.15, 0.2) is 0 Å². The number of pyridine rings is 1. The molecule has 0 fully saturated rings. The Labute approximate surface area is 127 Å². The molecule has 0 amide bonds. The van der Waals surface area contributed by atoms with E-state index in [0.29, 0.717) is 13.0 Å². The van der Waals surface area contributed by atoms with Gasteiger partial charge in [-0.15, -0.1) is 0 Å². The predicted molar refractivity (Wildman–Crippen MR) is 84.4 cm³/mol. The zero-order valence-corrected chi connectivity index (χ0v) is 13.5. The monoisotopic (exact) mass is 293 g/mol. The van der Waals surface area contributed by atoms with Crippen molar-refractivity contribution in [3.63, 3.8) is 0 Å². The van der Waals surface area contributed by atoms with E-state index in [-0.39, 0.29) is 6.04 Å². The van der Waals surface area contributed by atoms with Gasteiger partial charge in [-0.3, -0.25) is 9.78 Å². The van der Waals surface area contributed by atoms with Gasteiger partial charge in [-0.25, -0.2) is 0 Å². The van der Waals surface area contributed by atoms with Gasteiger partial charge in [-0.1, -0.05) is 6.92 Å². The molecule has 2 atom stereocenters. The van der Waals surface area contributed by atoms with Crippen LogP contribution < -0.4 is 5.32 Å². The van der Waals surface area contributed by atoms with Crippen molar-refractivity contribution in [1.29, 1.82) is 0 Å². The number of rotatable bonds is 9. The number of aliphatic carboxylic acids is 1. The van der Waals surface area contributed by atoms with Crippen LogP contribution in [-0.4, -0.2) is 52.7 Å². The van der Waals surface area contributed by atoms with Crippen molar-refractivity contribution in [2.45, 2.75) is 45.2 Å². The molecule has 1 aromatic heterocycles. The molecule has 1 aromatic rings. The Kier molecular flexibility index (Phi) is 6.78. The van der Waals surface area contributed by atoms with Gasteiger partial charge < -0.3 is 15.3 Å². The zero-order chi connectivity index (χ0) is 15.9. The third-order valence-electron chi connectivity index (χ3n) is 4.00. The van der Waals surface area contributed by atoms with Crippen molar-refractivity contribution in [3.8, 4) is 0 Å². The summed E-state index contributed by atoms with van der Waals surface area (Å²) in [5.41, 5.74) is 0.371. The fourth-order valence-corrected chi connectivity index (χ4v) is 2.45. The van der Waals surface area contributed by atoms with Gasteiger partial charge in [0, 0.05) is 25.0 Å². The molecular formula is C16H27N3O2. The fraction of sp³-hybridized carbons (Fsp3) is 0.625. The summed E-state index contributed by atoms with van der Waals surface area (Å²) in [5.74, 6) is -0.793. The molecule has 0 aliphatic heterocycles. The van der Waals surface area contributed by atoms with Gasteiger partial charge in [-0.05, 0) is 58.0 Å². The molecule has 118 valence electrons. The number of nitrogens with zero attached hydrogens (tertiary/aromatic N) is 2. The molecular weight excluding hydrogens is 266 g/mol. The molecule has 0 spiro atoms. The first-order chi connectivity index (χ1) is 9.89. The summed E-state index contributed by atoms with van der Waals surface area (Å²) >= 11 is 0. The second kappa shape index (κ2) is 8.10. The number of hydrogen-bond acceptors (Lipinski definition) is 4. The topological polar surface area (TPSA) is 65.5 Å². The largest absolute Gasteiger partial charge is 0.480 e. The van der Waals surface area contributed by atoms with E-state index in [0.717, 1.165) is 13.0 Å². The lowest BCUT2D eigenvalue weighted by Crippen LogP contribution is -2.53. The van der Waals surface area contributed by atoms with Gasteiger partial charge in [-0.2, -0.15) is 0 Å². The number of aromatic nitrogens is 1. The minimum Gasteiger partial charge on any atom is -0.480 e. The molecule has 0 aliphatic rings. The van der Waals surface area contributed by atoms with Crippen molar-refractivity contribution in [2.24, 2.45) is 0 Å². The Balaban J connectivity index is 2.53. The molecule has 1 heterocycles. The lowest BCUT2D eigenvalue weighted by molar-refractivity contribution is -0.145. The van der Waals surface area contributed by atoms with Crippen molar-refractivity contribution in [2.75, 3.05) is 20.1 Å². The van der Waals surface area contributed by atoms with Gasteiger partial charge in [0.2, 0.25) is 0 Å². The summed E-state index contributed by atoms with van der Waals surface area (Å²) in [6.45, 7) is 7.30. The van der Waals surface area contributed by atoms with Gasteiger partial charge >= 0.3 is 5.97 Å². The molecule has 0 aliphatic carbocycles. The molecule has 0 saturated heterocycles. The number of carbonyl (C=O) groups is 1. The summed E-state index contributed by atoms with van der Waals surface area (Å²) in [4.78, 5) is 17.7. The molecule has 1 rings (SSSR count). The van der Waals surface area contributed by atoms with Crippen LogP contribution in [0, 0.1) is 0 Å². The van der Waals surface area contributed by atoms with E-state index in [9.17, 15) is 9.90 Å². The first kappa shape index (κ1) is 17.6. The molecule has 2 N–H and O–H groups in total. The fourth-order valence-electron chi connectivity index (χ4n) is 2.45. The van der Waals surface area contributed by atoms with E-state index in [2.05, 4.69) is 22.1 Å². The molecule has 2 unspecified atom stereocenters. The number of carboxylic acid groups (broad SMARTS) is 1. The number of carboxylic acids is 1. The summed E-state index contributed by atoms with van der Waals surface area (Å²) in [7, 11) is 2.04. The Hall–Kier alpha value is -1.46. The number of nitrogens with one attached hydrogen (secondary N) is 1. The van der Waals surface area contributed by atoms with Crippen LogP contribution in [-0.2, 0) is 11.2 Å². The van der Waals surface area contributed by atoms with Crippen molar-refractivity contribution < 1.29 is 9.90 Å². The van der Waals surface area contributed by atoms with Gasteiger partial charge in [0.1, 0.15) is 5.54 Å². The maximum absolute atomic E-state index is 11.5. The molecule has 0 saturated carbocycles. The van der Waals surface area contributed by atoms with Crippen molar-refractivity contribution >= 4 is 5.97 Å². The number of hydrogen-bond donors (Lipinski definition) is 2. The average molecular weight is 293 g/mol. The van der Waals surface area contributed by atoms with Crippen LogP contribution in [0.3, 0.4) is 0 Å². The smallest absolute Gasteiger partial charge is 0.323 e. The molecule has 21 heavy (non-hydrogen) atoms. The number of likely N-dealkylation sites (N-methyl/N-ethyl adjacent to an activating group) is 2. The third kappa shape index (κ3) is 5.44.